The van der Waals surface area contributed by atoms with Gasteiger partial charge in [-0.3, -0.25) is 9.59 Å². The predicted molar refractivity (Wildman–Crippen MR) is 105 cm³/mol. The Morgan fingerprint density at radius 2 is 1.67 bits per heavy atom. The third-order valence-electron chi connectivity index (χ3n) is 7.17. The molecule has 150 valence electrons. The van der Waals surface area contributed by atoms with Crippen molar-refractivity contribution in [1.82, 2.24) is 5.01 Å². The van der Waals surface area contributed by atoms with E-state index < -0.39 is 5.97 Å². The minimum Gasteiger partial charge on any atom is -0.478 e. The van der Waals surface area contributed by atoms with E-state index in [4.69, 9.17) is 9.52 Å². The first-order valence-electron chi connectivity index (χ1n) is 10.0. The standard InChI is InChI=1S/C23H18N2O5/c26-20-18-15-6-7-16(23(15)9-10-23)19(18)21(27)25(20)24-11-14-5-8-17(30-14)12-1-3-13(4-2-12)22(28)29/h1-8,11,15-16,18-19H,9-10H2,(H,28,29)/b24-11-/t15-,16-,18-,19+/m0/s1. The first kappa shape index (κ1) is 17.4. The smallest absolute Gasteiger partial charge is 0.335 e. The summed E-state index contributed by atoms with van der Waals surface area (Å²) in [5.74, 6) is -0.650. The number of amides is 2. The first-order chi connectivity index (χ1) is 14.5. The molecule has 1 saturated heterocycles. The summed E-state index contributed by atoms with van der Waals surface area (Å²) in [7, 11) is 0. The van der Waals surface area contributed by atoms with Crippen molar-refractivity contribution in [3.8, 4) is 11.3 Å². The van der Waals surface area contributed by atoms with Crippen LogP contribution in [0, 0.1) is 29.1 Å². The van der Waals surface area contributed by atoms with E-state index in [1.165, 1.54) is 18.3 Å². The molecule has 6 rings (SSSR count). The highest BCUT2D eigenvalue weighted by atomic mass is 16.4. The summed E-state index contributed by atoms with van der Waals surface area (Å²) >= 11 is 0. The van der Waals surface area contributed by atoms with Gasteiger partial charge in [0.05, 0.1) is 23.6 Å². The van der Waals surface area contributed by atoms with Gasteiger partial charge in [-0.25, -0.2) is 4.79 Å². The van der Waals surface area contributed by atoms with Gasteiger partial charge in [-0.15, -0.1) is 0 Å². The van der Waals surface area contributed by atoms with Crippen molar-refractivity contribution in [2.24, 2.45) is 34.2 Å². The van der Waals surface area contributed by atoms with Crippen molar-refractivity contribution < 1.29 is 23.9 Å². The molecule has 3 fully saturated rings. The van der Waals surface area contributed by atoms with Gasteiger partial charge in [-0.05, 0) is 54.4 Å². The average molecular weight is 402 g/mol. The van der Waals surface area contributed by atoms with Crippen molar-refractivity contribution in [1.29, 1.82) is 0 Å². The summed E-state index contributed by atoms with van der Waals surface area (Å²) in [5.41, 5.74) is 1.09. The van der Waals surface area contributed by atoms with E-state index in [1.807, 2.05) is 0 Å². The molecule has 1 spiro atoms. The largest absolute Gasteiger partial charge is 0.478 e. The second-order valence-corrected chi connectivity index (χ2v) is 8.54. The highest BCUT2D eigenvalue weighted by molar-refractivity contribution is 6.07. The fourth-order valence-electron chi connectivity index (χ4n) is 5.65. The molecule has 7 heteroatoms. The van der Waals surface area contributed by atoms with E-state index >= 15 is 0 Å². The van der Waals surface area contributed by atoms with Crippen molar-refractivity contribution in [3.05, 3.63) is 59.9 Å². The van der Waals surface area contributed by atoms with Gasteiger partial charge in [0.25, 0.3) is 11.8 Å². The van der Waals surface area contributed by atoms with Gasteiger partial charge in [0.1, 0.15) is 11.5 Å². The maximum absolute atomic E-state index is 12.9. The molecule has 1 aromatic carbocycles. The fourth-order valence-corrected chi connectivity index (χ4v) is 5.65. The number of allylic oxidation sites excluding steroid dienone is 2. The second kappa shape index (κ2) is 5.78. The number of carbonyl (C=O) groups is 3. The zero-order valence-electron chi connectivity index (χ0n) is 15.9. The number of rotatable bonds is 4. The van der Waals surface area contributed by atoms with E-state index in [9.17, 15) is 14.4 Å². The molecule has 2 bridgehead atoms. The lowest BCUT2D eigenvalue weighted by Gasteiger charge is -2.18. The SMILES string of the molecule is O=C(O)c1ccc(-c2ccc(/C=N\N3C(=O)[C@@H]4[C@H](C3=O)[C@@H]3C=C[C@@H]4C34CC4)o2)cc1. The molecular formula is C23H18N2O5. The predicted octanol–water partition coefficient (Wildman–Crippen LogP) is 3.18. The lowest BCUT2D eigenvalue weighted by molar-refractivity contribution is -0.141. The van der Waals surface area contributed by atoms with Gasteiger partial charge < -0.3 is 9.52 Å². The van der Waals surface area contributed by atoms with Gasteiger partial charge in [0, 0.05) is 5.56 Å². The number of hydrogen-bond donors (Lipinski definition) is 1. The molecule has 2 saturated carbocycles. The maximum atomic E-state index is 12.9. The number of hydrazone groups is 1. The maximum Gasteiger partial charge on any atom is 0.335 e. The topological polar surface area (TPSA) is 100 Å². The lowest BCUT2D eigenvalue weighted by atomic mass is 9.85. The third kappa shape index (κ3) is 2.20. The Morgan fingerprint density at radius 3 is 2.23 bits per heavy atom. The number of imide groups is 1. The molecule has 1 aromatic heterocycles. The summed E-state index contributed by atoms with van der Waals surface area (Å²) in [4.78, 5) is 36.8. The number of carboxylic acids is 1. The van der Waals surface area contributed by atoms with Gasteiger partial charge in [0.15, 0.2) is 0 Å². The zero-order chi connectivity index (χ0) is 20.6. The number of furan rings is 1. The summed E-state index contributed by atoms with van der Waals surface area (Å²) < 4.78 is 5.73. The minimum absolute atomic E-state index is 0.169. The van der Waals surface area contributed by atoms with E-state index in [1.54, 1.807) is 24.3 Å². The molecule has 4 atom stereocenters. The fraction of sp³-hybridized carbons (Fsp3) is 0.304. The van der Waals surface area contributed by atoms with Crippen LogP contribution in [-0.2, 0) is 9.59 Å². The van der Waals surface area contributed by atoms with Crippen LogP contribution in [-0.4, -0.2) is 34.1 Å². The molecule has 30 heavy (non-hydrogen) atoms. The average Bonchev–Trinajstić information content (AvgIpc) is 3.03. The molecular weight excluding hydrogens is 384 g/mol. The Bertz CT molecular complexity index is 1120. The Morgan fingerprint density at radius 1 is 1.03 bits per heavy atom. The number of hydrogen-bond acceptors (Lipinski definition) is 5. The van der Waals surface area contributed by atoms with E-state index in [-0.39, 0.29) is 46.5 Å². The Kier molecular flexibility index (Phi) is 3.35. The zero-order valence-corrected chi connectivity index (χ0v) is 15.9. The Balaban J connectivity index is 1.21. The number of fused-ring (bicyclic) bond motifs is 3. The van der Waals surface area contributed by atoms with Gasteiger partial charge in [0.2, 0.25) is 0 Å². The highest BCUT2D eigenvalue weighted by Gasteiger charge is 2.73. The van der Waals surface area contributed by atoms with Crippen molar-refractivity contribution in [2.75, 3.05) is 0 Å². The monoisotopic (exact) mass is 402 g/mol. The Labute approximate surface area is 171 Å². The quantitative estimate of drug-likeness (QED) is 0.481. The number of carbonyl (C=O) groups excluding carboxylic acids is 2. The summed E-state index contributed by atoms with van der Waals surface area (Å²) in [5, 5.41) is 14.2. The molecule has 2 heterocycles. The third-order valence-corrected chi connectivity index (χ3v) is 7.17. The van der Waals surface area contributed by atoms with Gasteiger partial charge in [-0.2, -0.15) is 10.1 Å². The Hall–Kier alpha value is -3.48. The summed E-state index contributed by atoms with van der Waals surface area (Å²) in [6.45, 7) is 0. The van der Waals surface area contributed by atoms with Crippen LogP contribution >= 0.6 is 0 Å². The molecule has 0 unspecified atom stereocenters. The molecule has 7 nitrogen and oxygen atoms in total. The van der Waals surface area contributed by atoms with Gasteiger partial charge in [-0.1, -0.05) is 24.3 Å². The number of nitrogens with zero attached hydrogens (tertiary/aromatic N) is 2. The number of benzene rings is 1. The second-order valence-electron chi connectivity index (χ2n) is 8.54. The summed E-state index contributed by atoms with van der Waals surface area (Å²) in [6.07, 6.45) is 7.86. The number of carboxylic acid groups (broad SMARTS) is 1. The van der Waals surface area contributed by atoms with Crippen molar-refractivity contribution in [3.63, 3.8) is 0 Å². The van der Waals surface area contributed by atoms with Crippen LogP contribution in [0.4, 0.5) is 0 Å². The van der Waals surface area contributed by atoms with E-state index in [2.05, 4.69) is 17.3 Å². The first-order valence-corrected chi connectivity index (χ1v) is 10.0. The van der Waals surface area contributed by atoms with E-state index in [0.29, 0.717) is 11.5 Å². The summed E-state index contributed by atoms with van der Waals surface area (Å²) in [6, 6.07) is 9.76. The molecule has 2 aromatic rings. The van der Waals surface area contributed by atoms with Gasteiger partial charge >= 0.3 is 5.97 Å². The van der Waals surface area contributed by atoms with Crippen LogP contribution in [0.25, 0.3) is 11.3 Å². The van der Waals surface area contributed by atoms with E-state index in [0.717, 1.165) is 23.4 Å². The molecule has 3 aliphatic carbocycles. The highest BCUT2D eigenvalue weighted by Crippen LogP contribution is 2.73. The van der Waals surface area contributed by atoms with Crippen molar-refractivity contribution >= 4 is 24.0 Å². The molecule has 2 amide bonds. The van der Waals surface area contributed by atoms with Crippen LogP contribution in [0.1, 0.15) is 29.0 Å². The molecule has 0 radical (unpaired) electrons. The minimum atomic E-state index is -0.991. The van der Waals surface area contributed by atoms with Crippen LogP contribution in [0.5, 0.6) is 0 Å². The molecule has 1 N–H and O–H groups in total. The van der Waals surface area contributed by atoms with Crippen LogP contribution in [0.2, 0.25) is 0 Å². The van der Waals surface area contributed by atoms with Crippen LogP contribution < -0.4 is 0 Å². The molecule has 4 aliphatic rings. The molecule has 1 aliphatic heterocycles. The normalized spacial score (nSPS) is 30.1. The lowest BCUT2D eigenvalue weighted by Crippen LogP contribution is -2.30. The van der Waals surface area contributed by atoms with Crippen LogP contribution in [0.15, 0.2) is 58.1 Å². The number of aromatic carboxylic acids is 1. The van der Waals surface area contributed by atoms with Crippen LogP contribution in [0.3, 0.4) is 0 Å². The van der Waals surface area contributed by atoms with Crippen molar-refractivity contribution in [2.45, 2.75) is 12.8 Å².